The molecule has 4 aliphatic rings. The van der Waals surface area contributed by atoms with Crippen molar-refractivity contribution in [2.45, 2.75) is 103 Å². The van der Waals surface area contributed by atoms with Crippen LogP contribution >= 0.6 is 0 Å². The Balaban J connectivity index is 1.57. The van der Waals surface area contributed by atoms with Gasteiger partial charge in [-0.25, -0.2) is 0 Å². The van der Waals surface area contributed by atoms with E-state index in [-0.39, 0.29) is 10.8 Å². The molecule has 4 rings (SSSR count). The Morgan fingerprint density at radius 2 is 1.84 bits per heavy atom. The molecule has 0 aromatic rings. The Labute approximate surface area is 193 Å². The maximum absolute atomic E-state index is 11.1. The second kappa shape index (κ2) is 7.85. The van der Waals surface area contributed by atoms with E-state index in [0.717, 1.165) is 19.3 Å². The van der Waals surface area contributed by atoms with Crippen molar-refractivity contribution >= 4 is 0 Å². The van der Waals surface area contributed by atoms with Crippen LogP contribution in [-0.4, -0.2) is 38.7 Å². The summed E-state index contributed by atoms with van der Waals surface area (Å²) in [4.78, 5) is 0. The number of allylic oxidation sites excluding steroid dienone is 4. The smallest absolute Gasteiger partial charge is 0.124 e. The first kappa shape index (κ1) is 23.8. The van der Waals surface area contributed by atoms with E-state index in [1.54, 1.807) is 20.1 Å². The normalized spacial score (nSPS) is 39.6. The lowest BCUT2D eigenvalue weighted by atomic mass is 9.49. The summed E-state index contributed by atoms with van der Waals surface area (Å²) in [6, 6.07) is 0. The van der Waals surface area contributed by atoms with Crippen molar-refractivity contribution in [3.8, 4) is 0 Å². The van der Waals surface area contributed by atoms with E-state index in [1.807, 2.05) is 6.08 Å². The van der Waals surface area contributed by atoms with Gasteiger partial charge in [0, 0.05) is 11.8 Å². The van der Waals surface area contributed by atoms with E-state index >= 15 is 0 Å². The van der Waals surface area contributed by atoms with Crippen LogP contribution < -0.4 is 0 Å². The van der Waals surface area contributed by atoms with E-state index in [9.17, 15) is 15.3 Å². The summed E-state index contributed by atoms with van der Waals surface area (Å²) < 4.78 is 6.23. The van der Waals surface area contributed by atoms with Crippen LogP contribution in [0, 0.1) is 22.7 Å². The first-order chi connectivity index (χ1) is 14.8. The minimum absolute atomic E-state index is 0.0385. The first-order valence-corrected chi connectivity index (χ1v) is 12.3. The molecule has 0 spiro atoms. The minimum atomic E-state index is -0.734. The molecule has 2 fully saturated rings. The third kappa shape index (κ3) is 3.82. The Hall–Kier alpha value is -1.36. The SMILES string of the molecule is CC(C)(O)C/C=C\OC(C)(C)C1=CC[C@H]2C3=CC=C4C[C@@H](O)C[C@H](O)[C@]4(C)[C@H]3CC[C@]12C. The van der Waals surface area contributed by atoms with Gasteiger partial charge in [0.1, 0.15) is 5.60 Å². The van der Waals surface area contributed by atoms with Crippen molar-refractivity contribution in [2.75, 3.05) is 0 Å². The van der Waals surface area contributed by atoms with Gasteiger partial charge in [0.2, 0.25) is 0 Å². The second-order valence-corrected chi connectivity index (χ2v) is 12.2. The molecule has 0 saturated heterocycles. The predicted molar refractivity (Wildman–Crippen MR) is 128 cm³/mol. The Bertz CT molecular complexity index is 870. The standard InChI is InChI=1S/C28H42O4/c1-25(2,31)13-7-15-32-26(3,4)23-11-10-21-20-9-8-18-16-19(29)17-24(30)28(18,6)22(20)12-14-27(21,23)5/h7-9,11,15,19,21-22,24,29-31H,10,12-14,16-17H2,1-6H3/b15-7-/t19-,21+,22+,24+,27+,28+/m1/s1. The van der Waals surface area contributed by atoms with Gasteiger partial charge in [-0.1, -0.05) is 43.2 Å². The number of fused-ring (bicyclic) bond motifs is 5. The molecule has 4 aliphatic carbocycles. The zero-order valence-corrected chi connectivity index (χ0v) is 20.7. The summed E-state index contributed by atoms with van der Waals surface area (Å²) in [6.45, 7) is 12.5. The van der Waals surface area contributed by atoms with Crippen LogP contribution in [0.4, 0.5) is 0 Å². The zero-order chi connectivity index (χ0) is 23.5. The quantitative estimate of drug-likeness (QED) is 0.404. The molecular weight excluding hydrogens is 400 g/mol. The summed E-state index contributed by atoms with van der Waals surface area (Å²) in [5.41, 5.74) is 2.67. The maximum atomic E-state index is 11.1. The molecule has 0 aromatic carbocycles. The molecule has 0 heterocycles. The second-order valence-electron chi connectivity index (χ2n) is 12.2. The fourth-order valence-electron chi connectivity index (χ4n) is 7.19. The highest BCUT2D eigenvalue weighted by Gasteiger charge is 2.58. The van der Waals surface area contributed by atoms with Gasteiger partial charge in [-0.2, -0.15) is 0 Å². The molecule has 0 radical (unpaired) electrons. The molecule has 0 unspecified atom stereocenters. The maximum Gasteiger partial charge on any atom is 0.124 e. The van der Waals surface area contributed by atoms with Crippen LogP contribution in [0.2, 0.25) is 0 Å². The first-order valence-electron chi connectivity index (χ1n) is 12.3. The lowest BCUT2D eigenvalue weighted by molar-refractivity contribution is -0.0508. The Morgan fingerprint density at radius 1 is 1.12 bits per heavy atom. The van der Waals surface area contributed by atoms with Gasteiger partial charge in [-0.05, 0) is 88.7 Å². The molecular formula is C28H42O4. The van der Waals surface area contributed by atoms with Gasteiger partial charge in [-0.15, -0.1) is 0 Å². The topological polar surface area (TPSA) is 69.9 Å². The van der Waals surface area contributed by atoms with E-state index in [0.29, 0.717) is 31.1 Å². The van der Waals surface area contributed by atoms with Gasteiger partial charge >= 0.3 is 0 Å². The molecule has 0 amide bonds. The highest BCUT2D eigenvalue weighted by molar-refractivity contribution is 5.44. The van der Waals surface area contributed by atoms with Gasteiger partial charge in [0.25, 0.3) is 0 Å². The van der Waals surface area contributed by atoms with Crippen molar-refractivity contribution in [1.82, 2.24) is 0 Å². The van der Waals surface area contributed by atoms with Crippen LogP contribution in [0.3, 0.4) is 0 Å². The van der Waals surface area contributed by atoms with Crippen LogP contribution in [0.5, 0.6) is 0 Å². The summed E-state index contributed by atoms with van der Waals surface area (Å²) in [5.74, 6) is 0.764. The fourth-order valence-corrected chi connectivity index (χ4v) is 7.19. The molecule has 4 heteroatoms. The van der Waals surface area contributed by atoms with Crippen molar-refractivity contribution in [3.63, 3.8) is 0 Å². The van der Waals surface area contributed by atoms with E-state index in [1.165, 1.54) is 16.7 Å². The molecule has 6 atom stereocenters. The molecule has 0 bridgehead atoms. The zero-order valence-electron chi connectivity index (χ0n) is 20.7. The summed E-state index contributed by atoms with van der Waals surface area (Å²) in [7, 11) is 0. The number of aliphatic hydroxyl groups is 3. The lowest BCUT2D eigenvalue weighted by Gasteiger charge is -2.56. The van der Waals surface area contributed by atoms with Crippen molar-refractivity contribution in [1.29, 1.82) is 0 Å². The van der Waals surface area contributed by atoms with Crippen LogP contribution in [0.15, 0.2) is 47.3 Å². The fraction of sp³-hybridized carbons (Fsp3) is 0.714. The molecule has 4 nitrogen and oxygen atoms in total. The molecule has 0 aliphatic heterocycles. The number of aliphatic hydroxyl groups excluding tert-OH is 2. The largest absolute Gasteiger partial charge is 0.491 e. The average Bonchev–Trinajstić information content (AvgIpc) is 3.04. The van der Waals surface area contributed by atoms with Crippen LogP contribution in [0.25, 0.3) is 0 Å². The molecule has 3 N–H and O–H groups in total. The summed E-state index contributed by atoms with van der Waals surface area (Å²) in [5, 5.41) is 31.2. The van der Waals surface area contributed by atoms with E-state index in [4.69, 9.17) is 4.74 Å². The molecule has 178 valence electrons. The third-order valence-corrected chi connectivity index (χ3v) is 8.96. The van der Waals surface area contributed by atoms with Gasteiger partial charge in [-0.3, -0.25) is 0 Å². The lowest BCUT2D eigenvalue weighted by Crippen LogP contribution is -2.52. The summed E-state index contributed by atoms with van der Waals surface area (Å²) in [6.07, 6.45) is 14.5. The van der Waals surface area contributed by atoms with Crippen LogP contribution in [-0.2, 0) is 4.74 Å². The highest BCUT2D eigenvalue weighted by atomic mass is 16.5. The van der Waals surface area contributed by atoms with Gasteiger partial charge in [0.15, 0.2) is 0 Å². The van der Waals surface area contributed by atoms with Crippen molar-refractivity contribution < 1.29 is 20.1 Å². The van der Waals surface area contributed by atoms with Crippen molar-refractivity contribution in [2.24, 2.45) is 22.7 Å². The van der Waals surface area contributed by atoms with Gasteiger partial charge < -0.3 is 20.1 Å². The average molecular weight is 443 g/mol. The molecule has 32 heavy (non-hydrogen) atoms. The Kier molecular flexibility index (Phi) is 5.84. The molecule has 2 saturated carbocycles. The Morgan fingerprint density at radius 3 is 2.53 bits per heavy atom. The van der Waals surface area contributed by atoms with E-state index < -0.39 is 23.4 Å². The number of ether oxygens (including phenoxy) is 1. The minimum Gasteiger partial charge on any atom is -0.491 e. The number of hydrogen-bond acceptors (Lipinski definition) is 4. The predicted octanol–water partition coefficient (Wildman–Crippen LogP) is 5.21. The highest BCUT2D eigenvalue weighted by Crippen LogP contribution is 2.64. The third-order valence-electron chi connectivity index (χ3n) is 8.96. The monoisotopic (exact) mass is 442 g/mol. The molecule has 0 aromatic heterocycles. The van der Waals surface area contributed by atoms with Crippen LogP contribution in [0.1, 0.15) is 80.1 Å². The number of rotatable bonds is 5. The summed E-state index contributed by atoms with van der Waals surface area (Å²) >= 11 is 0. The number of hydrogen-bond donors (Lipinski definition) is 3. The van der Waals surface area contributed by atoms with Crippen molar-refractivity contribution in [3.05, 3.63) is 47.3 Å². The van der Waals surface area contributed by atoms with Gasteiger partial charge in [0.05, 0.1) is 24.1 Å². The van der Waals surface area contributed by atoms with E-state index in [2.05, 4.69) is 45.9 Å².